The number of carbonyl (C=O) groups excluding carboxylic acids is 1. The Morgan fingerprint density at radius 2 is 1.70 bits per heavy atom. The molecule has 1 amide bonds. The summed E-state index contributed by atoms with van der Waals surface area (Å²) >= 11 is 0. The number of ether oxygens (including phenoxy) is 1. The van der Waals surface area contributed by atoms with Crippen molar-refractivity contribution in [2.45, 2.75) is 26.9 Å². The molecular formula is C20H21N3O4. The highest BCUT2D eigenvalue weighted by atomic mass is 16.5. The Morgan fingerprint density at radius 1 is 1.00 bits per heavy atom. The van der Waals surface area contributed by atoms with Gasteiger partial charge in [-0.2, -0.15) is 0 Å². The van der Waals surface area contributed by atoms with Gasteiger partial charge in [0.25, 0.3) is 5.56 Å². The fraction of sp³-hybridized carbons (Fsp3) is 0.250. The van der Waals surface area contributed by atoms with E-state index in [0.29, 0.717) is 35.5 Å². The number of carbonyl (C=O) groups is 1. The standard InChI is InChI=1S/C20H21N3O4/c1-3-22-17-8-6-5-7-16(17)19(25)23(20(22)26)13-18(24)21-14-9-11-15(12-10-14)27-4-2/h5-12H,3-4,13H2,1-2H3,(H,21,24). The molecule has 3 rings (SSSR count). The molecule has 0 saturated carbocycles. The lowest BCUT2D eigenvalue weighted by molar-refractivity contribution is -0.116. The number of aryl methyl sites for hydroxylation is 1. The van der Waals surface area contributed by atoms with Crippen LogP contribution < -0.4 is 21.3 Å². The van der Waals surface area contributed by atoms with Crippen molar-refractivity contribution in [2.75, 3.05) is 11.9 Å². The van der Waals surface area contributed by atoms with Crippen molar-refractivity contribution in [1.29, 1.82) is 0 Å². The van der Waals surface area contributed by atoms with Gasteiger partial charge in [0, 0.05) is 12.2 Å². The van der Waals surface area contributed by atoms with Gasteiger partial charge >= 0.3 is 5.69 Å². The third kappa shape index (κ3) is 3.76. The SMILES string of the molecule is CCOc1ccc(NC(=O)Cn2c(=O)c3ccccc3n(CC)c2=O)cc1. The van der Waals surface area contributed by atoms with Gasteiger partial charge in [0.05, 0.1) is 17.5 Å². The van der Waals surface area contributed by atoms with Crippen molar-refractivity contribution >= 4 is 22.5 Å². The number of anilines is 1. The van der Waals surface area contributed by atoms with E-state index in [4.69, 9.17) is 4.74 Å². The molecular weight excluding hydrogens is 346 g/mol. The molecule has 0 atom stereocenters. The topological polar surface area (TPSA) is 82.3 Å². The maximum atomic E-state index is 12.7. The summed E-state index contributed by atoms with van der Waals surface area (Å²) in [4.78, 5) is 37.7. The number of aromatic nitrogens is 2. The monoisotopic (exact) mass is 367 g/mol. The second-order valence-corrected chi connectivity index (χ2v) is 5.94. The smallest absolute Gasteiger partial charge is 0.331 e. The van der Waals surface area contributed by atoms with Crippen LogP contribution in [-0.2, 0) is 17.9 Å². The number of para-hydroxylation sites is 1. The molecule has 0 aliphatic rings. The van der Waals surface area contributed by atoms with Gasteiger partial charge < -0.3 is 10.1 Å². The van der Waals surface area contributed by atoms with Gasteiger partial charge in [0.1, 0.15) is 12.3 Å². The lowest BCUT2D eigenvalue weighted by Gasteiger charge is -2.13. The van der Waals surface area contributed by atoms with E-state index in [0.717, 1.165) is 4.57 Å². The van der Waals surface area contributed by atoms with Crippen molar-refractivity contribution in [3.05, 3.63) is 69.4 Å². The Bertz CT molecular complexity index is 1080. The highest BCUT2D eigenvalue weighted by Crippen LogP contribution is 2.15. The maximum Gasteiger partial charge on any atom is 0.331 e. The van der Waals surface area contributed by atoms with Crippen LogP contribution in [0.5, 0.6) is 5.75 Å². The van der Waals surface area contributed by atoms with Crippen molar-refractivity contribution < 1.29 is 9.53 Å². The Morgan fingerprint density at radius 3 is 2.37 bits per heavy atom. The fourth-order valence-corrected chi connectivity index (χ4v) is 2.96. The molecule has 0 bridgehead atoms. The van der Waals surface area contributed by atoms with Gasteiger partial charge in [-0.1, -0.05) is 12.1 Å². The molecule has 2 aromatic carbocycles. The molecule has 0 spiro atoms. The Labute approximate surface area is 155 Å². The zero-order chi connectivity index (χ0) is 19.4. The van der Waals surface area contributed by atoms with Crippen LogP contribution in [0, 0.1) is 0 Å². The molecule has 3 aromatic rings. The van der Waals surface area contributed by atoms with Crippen LogP contribution in [0.1, 0.15) is 13.8 Å². The van der Waals surface area contributed by atoms with Gasteiger partial charge in [-0.25, -0.2) is 4.79 Å². The van der Waals surface area contributed by atoms with Crippen LogP contribution >= 0.6 is 0 Å². The van der Waals surface area contributed by atoms with E-state index < -0.39 is 17.2 Å². The highest BCUT2D eigenvalue weighted by molar-refractivity contribution is 5.90. The van der Waals surface area contributed by atoms with E-state index >= 15 is 0 Å². The Kier molecular flexibility index (Phi) is 5.40. The summed E-state index contributed by atoms with van der Waals surface area (Å²) in [6.07, 6.45) is 0. The predicted molar refractivity (Wildman–Crippen MR) is 104 cm³/mol. The number of nitrogens with one attached hydrogen (secondary N) is 1. The third-order valence-electron chi connectivity index (χ3n) is 4.20. The lowest BCUT2D eigenvalue weighted by atomic mass is 10.2. The molecule has 0 unspecified atom stereocenters. The van der Waals surface area contributed by atoms with Crippen molar-refractivity contribution in [3.63, 3.8) is 0 Å². The Hall–Kier alpha value is -3.35. The van der Waals surface area contributed by atoms with Crippen LogP contribution in [0.4, 0.5) is 5.69 Å². The van der Waals surface area contributed by atoms with Crippen LogP contribution in [0.3, 0.4) is 0 Å². The van der Waals surface area contributed by atoms with Crippen molar-refractivity contribution in [1.82, 2.24) is 9.13 Å². The maximum absolute atomic E-state index is 12.7. The first-order chi connectivity index (χ1) is 13.0. The first-order valence-electron chi connectivity index (χ1n) is 8.80. The van der Waals surface area contributed by atoms with Gasteiger partial charge in [-0.3, -0.25) is 18.7 Å². The number of hydrogen-bond acceptors (Lipinski definition) is 4. The second-order valence-electron chi connectivity index (χ2n) is 5.94. The molecule has 0 saturated heterocycles. The van der Waals surface area contributed by atoms with Crippen LogP contribution in [0.25, 0.3) is 10.9 Å². The number of fused-ring (bicyclic) bond motifs is 1. The zero-order valence-electron chi connectivity index (χ0n) is 15.3. The zero-order valence-corrected chi connectivity index (χ0v) is 15.3. The third-order valence-corrected chi connectivity index (χ3v) is 4.20. The van der Waals surface area contributed by atoms with Crippen molar-refractivity contribution in [2.24, 2.45) is 0 Å². The molecule has 1 aromatic heterocycles. The van der Waals surface area contributed by atoms with Gasteiger partial charge in [0.15, 0.2) is 0 Å². The first-order valence-corrected chi connectivity index (χ1v) is 8.80. The van der Waals surface area contributed by atoms with Gasteiger partial charge in [0.2, 0.25) is 5.91 Å². The van der Waals surface area contributed by atoms with Crippen LogP contribution in [0.2, 0.25) is 0 Å². The summed E-state index contributed by atoms with van der Waals surface area (Å²) < 4.78 is 7.81. The number of hydrogen-bond donors (Lipinski definition) is 1. The quantitative estimate of drug-likeness (QED) is 0.724. The average molecular weight is 367 g/mol. The molecule has 1 N–H and O–H groups in total. The van der Waals surface area contributed by atoms with Gasteiger partial charge in [-0.05, 0) is 50.2 Å². The van der Waals surface area contributed by atoms with E-state index in [-0.39, 0.29) is 6.54 Å². The fourth-order valence-electron chi connectivity index (χ4n) is 2.96. The van der Waals surface area contributed by atoms with E-state index in [1.807, 2.05) is 13.8 Å². The molecule has 7 heteroatoms. The summed E-state index contributed by atoms with van der Waals surface area (Å²) in [5.41, 5.74) is 0.163. The molecule has 27 heavy (non-hydrogen) atoms. The number of amides is 1. The molecule has 0 aliphatic carbocycles. The lowest BCUT2D eigenvalue weighted by Crippen LogP contribution is -2.42. The largest absolute Gasteiger partial charge is 0.494 e. The molecule has 0 radical (unpaired) electrons. The van der Waals surface area contributed by atoms with Crippen LogP contribution in [-0.4, -0.2) is 21.6 Å². The molecule has 140 valence electrons. The number of benzene rings is 2. The first kappa shape index (κ1) is 18.4. The van der Waals surface area contributed by atoms with E-state index in [1.165, 1.54) is 4.57 Å². The summed E-state index contributed by atoms with van der Waals surface area (Å²) in [7, 11) is 0. The number of nitrogens with zero attached hydrogens (tertiary/aromatic N) is 2. The molecule has 7 nitrogen and oxygen atoms in total. The summed E-state index contributed by atoms with van der Waals surface area (Å²) in [5, 5.41) is 3.11. The van der Waals surface area contributed by atoms with E-state index in [9.17, 15) is 14.4 Å². The van der Waals surface area contributed by atoms with Crippen molar-refractivity contribution in [3.8, 4) is 5.75 Å². The molecule has 0 fully saturated rings. The second kappa shape index (κ2) is 7.90. The minimum absolute atomic E-state index is 0.351. The van der Waals surface area contributed by atoms with Crippen LogP contribution in [0.15, 0.2) is 58.1 Å². The minimum Gasteiger partial charge on any atom is -0.494 e. The normalized spacial score (nSPS) is 10.7. The Balaban J connectivity index is 1.89. The summed E-state index contributed by atoms with van der Waals surface area (Å²) in [5.74, 6) is 0.253. The van der Waals surface area contributed by atoms with Gasteiger partial charge in [-0.15, -0.1) is 0 Å². The van der Waals surface area contributed by atoms with E-state index in [1.54, 1.807) is 48.5 Å². The van der Waals surface area contributed by atoms with E-state index in [2.05, 4.69) is 5.32 Å². The predicted octanol–water partition coefficient (Wildman–Crippen LogP) is 2.22. The minimum atomic E-state index is -0.497. The molecule has 0 aliphatic heterocycles. The molecule has 1 heterocycles. The number of rotatable bonds is 6. The summed E-state index contributed by atoms with van der Waals surface area (Å²) in [6.45, 7) is 4.32. The summed E-state index contributed by atoms with van der Waals surface area (Å²) in [6, 6.07) is 13.8. The highest BCUT2D eigenvalue weighted by Gasteiger charge is 2.14. The average Bonchev–Trinajstić information content (AvgIpc) is 2.67.